The van der Waals surface area contributed by atoms with Gasteiger partial charge in [-0.3, -0.25) is 4.79 Å². The van der Waals surface area contributed by atoms with Gasteiger partial charge in [-0.25, -0.2) is 4.98 Å². The van der Waals surface area contributed by atoms with Crippen molar-refractivity contribution in [1.29, 1.82) is 0 Å². The Morgan fingerprint density at radius 2 is 2.00 bits per heavy atom. The van der Waals surface area contributed by atoms with Gasteiger partial charge in [0.2, 0.25) is 0 Å². The second-order valence-electron chi connectivity index (χ2n) is 6.18. The first-order valence-corrected chi connectivity index (χ1v) is 9.88. The summed E-state index contributed by atoms with van der Waals surface area (Å²) < 4.78 is 0. The maximum atomic E-state index is 11.5. The molecule has 1 fully saturated rings. The van der Waals surface area contributed by atoms with Crippen LogP contribution in [0.1, 0.15) is 18.2 Å². The van der Waals surface area contributed by atoms with Crippen molar-refractivity contribution < 1.29 is 0 Å². The third-order valence-corrected chi connectivity index (χ3v) is 5.71. The van der Waals surface area contributed by atoms with E-state index >= 15 is 0 Å². The number of piperazine rings is 1. The lowest BCUT2D eigenvalue weighted by Gasteiger charge is -2.35. The minimum Gasteiger partial charge on any atom is -0.369 e. The molecule has 0 bridgehead atoms. The molecule has 3 rings (SSSR count). The molecule has 1 aromatic heterocycles. The number of aryl methyl sites for hydroxylation is 1. The number of rotatable bonds is 5. The van der Waals surface area contributed by atoms with Crippen LogP contribution in [-0.4, -0.2) is 47.6 Å². The summed E-state index contributed by atoms with van der Waals surface area (Å²) in [5.74, 6) is 0.676. The third-order valence-electron chi connectivity index (χ3n) is 4.43. The van der Waals surface area contributed by atoms with Gasteiger partial charge in [0, 0.05) is 54.4 Å². The number of benzene rings is 1. The van der Waals surface area contributed by atoms with E-state index in [9.17, 15) is 4.79 Å². The van der Waals surface area contributed by atoms with E-state index in [-0.39, 0.29) is 5.56 Å². The topological polar surface area (TPSA) is 52.2 Å². The summed E-state index contributed by atoms with van der Waals surface area (Å²) in [6.45, 7) is 9.39. The van der Waals surface area contributed by atoms with Crippen molar-refractivity contribution >= 4 is 29.1 Å². The van der Waals surface area contributed by atoms with E-state index in [1.54, 1.807) is 0 Å². The van der Waals surface area contributed by atoms with Crippen LogP contribution >= 0.6 is 23.4 Å². The average Bonchev–Trinajstić information content (AvgIpc) is 2.60. The van der Waals surface area contributed by atoms with Crippen molar-refractivity contribution in [3.8, 4) is 0 Å². The molecule has 0 unspecified atom stereocenters. The van der Waals surface area contributed by atoms with Crippen LogP contribution in [0.25, 0.3) is 0 Å². The Balaban J connectivity index is 1.65. The molecular weight excluding hydrogens is 356 g/mol. The van der Waals surface area contributed by atoms with Crippen molar-refractivity contribution in [3.63, 3.8) is 0 Å². The number of hydrogen-bond acceptors (Lipinski definition) is 5. The van der Waals surface area contributed by atoms with Gasteiger partial charge in [0.1, 0.15) is 0 Å². The van der Waals surface area contributed by atoms with Gasteiger partial charge in [0.15, 0.2) is 5.16 Å². The molecule has 0 atom stereocenters. The Labute approximate surface area is 157 Å². The minimum atomic E-state index is -0.123. The summed E-state index contributed by atoms with van der Waals surface area (Å²) in [6, 6.07) is 7.75. The molecule has 1 aliphatic heterocycles. The zero-order valence-corrected chi connectivity index (χ0v) is 16.2. The number of aromatic nitrogens is 2. The van der Waals surface area contributed by atoms with Crippen molar-refractivity contribution in [2.75, 3.05) is 37.6 Å². The van der Waals surface area contributed by atoms with Crippen LogP contribution in [0.5, 0.6) is 0 Å². The molecule has 0 amide bonds. The molecule has 0 radical (unpaired) electrons. The fourth-order valence-electron chi connectivity index (χ4n) is 2.94. The van der Waals surface area contributed by atoms with E-state index in [0.29, 0.717) is 10.9 Å². The molecule has 134 valence electrons. The number of likely N-dealkylation sites (N-methyl/N-ethyl adjacent to an activating group) is 1. The first-order valence-electron chi connectivity index (χ1n) is 8.51. The summed E-state index contributed by atoms with van der Waals surface area (Å²) in [7, 11) is 0. The van der Waals surface area contributed by atoms with Crippen LogP contribution in [0.4, 0.5) is 5.69 Å². The van der Waals surface area contributed by atoms with Gasteiger partial charge in [-0.1, -0.05) is 36.4 Å². The quantitative estimate of drug-likeness (QED) is 0.639. The molecule has 2 aromatic rings. The highest BCUT2D eigenvalue weighted by molar-refractivity contribution is 7.98. The van der Waals surface area contributed by atoms with E-state index in [1.807, 2.05) is 13.0 Å². The Bertz CT molecular complexity index is 787. The summed E-state index contributed by atoms with van der Waals surface area (Å²) in [6.07, 6.45) is 0. The summed E-state index contributed by atoms with van der Waals surface area (Å²) >= 11 is 7.98. The number of anilines is 1. The van der Waals surface area contributed by atoms with E-state index in [2.05, 4.69) is 38.8 Å². The fourth-order valence-corrected chi connectivity index (χ4v) is 4.18. The number of nitrogens with zero attached hydrogens (tertiary/aromatic N) is 3. The van der Waals surface area contributed by atoms with Gasteiger partial charge < -0.3 is 14.8 Å². The highest BCUT2D eigenvalue weighted by Gasteiger charge is 2.16. The predicted octanol–water partition coefficient (Wildman–Crippen LogP) is 3.17. The van der Waals surface area contributed by atoms with Crippen LogP contribution in [0.15, 0.2) is 34.2 Å². The summed E-state index contributed by atoms with van der Waals surface area (Å²) in [4.78, 5) is 23.4. The molecule has 1 N–H and O–H groups in total. The highest BCUT2D eigenvalue weighted by atomic mass is 35.5. The average molecular weight is 379 g/mol. The second kappa shape index (κ2) is 8.25. The molecule has 7 heteroatoms. The molecule has 25 heavy (non-hydrogen) atoms. The van der Waals surface area contributed by atoms with Gasteiger partial charge in [-0.15, -0.1) is 0 Å². The maximum absolute atomic E-state index is 11.5. The molecule has 1 saturated heterocycles. The standard InChI is InChI=1S/C18H23ClN4OS/c1-3-22-6-8-23(9-7-22)15-5-4-14(16(19)11-15)12-25-18-20-13(2)10-17(24)21-18/h4-5,10-11H,3,6-9,12H2,1-2H3,(H,20,21,24). The lowest BCUT2D eigenvalue weighted by molar-refractivity contribution is 0.271. The SMILES string of the molecule is CCN1CCN(c2ccc(CSc3nc(C)cc(=O)[nH]3)c(Cl)c2)CC1. The van der Waals surface area contributed by atoms with Crippen molar-refractivity contribution in [2.24, 2.45) is 0 Å². The van der Waals surface area contributed by atoms with Crippen molar-refractivity contribution in [2.45, 2.75) is 24.8 Å². The van der Waals surface area contributed by atoms with Crippen LogP contribution in [0.3, 0.4) is 0 Å². The molecular formula is C18H23ClN4OS. The predicted molar refractivity (Wildman–Crippen MR) is 105 cm³/mol. The van der Waals surface area contributed by atoms with E-state index < -0.39 is 0 Å². The fraction of sp³-hybridized carbons (Fsp3) is 0.444. The smallest absolute Gasteiger partial charge is 0.251 e. The van der Waals surface area contributed by atoms with E-state index in [1.165, 1.54) is 23.5 Å². The number of halogens is 1. The highest BCUT2D eigenvalue weighted by Crippen LogP contribution is 2.28. The number of aromatic amines is 1. The molecule has 0 spiro atoms. The number of nitrogens with one attached hydrogen (secondary N) is 1. The van der Waals surface area contributed by atoms with E-state index in [4.69, 9.17) is 11.6 Å². The summed E-state index contributed by atoms with van der Waals surface area (Å²) in [5, 5.41) is 1.39. The number of thioether (sulfide) groups is 1. The Morgan fingerprint density at radius 1 is 1.24 bits per heavy atom. The van der Waals surface area contributed by atoms with Crippen LogP contribution < -0.4 is 10.5 Å². The van der Waals surface area contributed by atoms with Crippen LogP contribution in [-0.2, 0) is 5.75 Å². The molecule has 5 nitrogen and oxygen atoms in total. The maximum Gasteiger partial charge on any atom is 0.251 e. The van der Waals surface area contributed by atoms with Crippen molar-refractivity contribution in [3.05, 3.63) is 50.9 Å². The zero-order valence-electron chi connectivity index (χ0n) is 14.6. The first-order chi connectivity index (χ1) is 12.0. The Kier molecular flexibility index (Phi) is 6.04. The van der Waals surface area contributed by atoms with Crippen LogP contribution in [0, 0.1) is 6.92 Å². The summed E-state index contributed by atoms with van der Waals surface area (Å²) in [5.41, 5.74) is 2.82. The minimum absolute atomic E-state index is 0.123. The number of H-pyrrole nitrogens is 1. The second-order valence-corrected chi connectivity index (χ2v) is 7.55. The number of hydrogen-bond donors (Lipinski definition) is 1. The molecule has 0 aliphatic carbocycles. The van der Waals surface area contributed by atoms with Gasteiger partial charge in [-0.2, -0.15) is 0 Å². The molecule has 2 heterocycles. The lowest BCUT2D eigenvalue weighted by atomic mass is 10.2. The molecule has 1 aliphatic rings. The Hall–Kier alpha value is -1.50. The van der Waals surface area contributed by atoms with Crippen molar-refractivity contribution in [1.82, 2.24) is 14.9 Å². The molecule has 1 aromatic carbocycles. The third kappa shape index (κ3) is 4.77. The molecule has 0 saturated carbocycles. The van der Waals surface area contributed by atoms with E-state index in [0.717, 1.165) is 49.0 Å². The van der Waals surface area contributed by atoms with Gasteiger partial charge in [-0.05, 0) is 31.2 Å². The van der Waals surface area contributed by atoms with Gasteiger partial charge >= 0.3 is 0 Å². The largest absolute Gasteiger partial charge is 0.369 e. The first kappa shape index (κ1) is 18.3. The normalized spacial score (nSPS) is 15.6. The van der Waals surface area contributed by atoms with Gasteiger partial charge in [0.25, 0.3) is 5.56 Å². The zero-order chi connectivity index (χ0) is 17.8. The van der Waals surface area contributed by atoms with Gasteiger partial charge in [0.05, 0.1) is 0 Å². The monoisotopic (exact) mass is 378 g/mol. The lowest BCUT2D eigenvalue weighted by Crippen LogP contribution is -2.46. The van der Waals surface area contributed by atoms with Crippen LogP contribution in [0.2, 0.25) is 5.02 Å². The Morgan fingerprint density at radius 3 is 2.64 bits per heavy atom.